The van der Waals surface area contributed by atoms with Crippen molar-refractivity contribution in [1.29, 1.82) is 0 Å². The van der Waals surface area contributed by atoms with Crippen molar-refractivity contribution < 1.29 is 37.7 Å². The number of carboxylic acids is 1. The third-order valence-corrected chi connectivity index (χ3v) is 4.03. The maximum absolute atomic E-state index is 13.4. The van der Waals surface area contributed by atoms with E-state index in [1.54, 1.807) is 6.92 Å². The molecule has 0 spiro atoms. The van der Waals surface area contributed by atoms with Gasteiger partial charge in [0.2, 0.25) is 0 Å². The van der Waals surface area contributed by atoms with Crippen LogP contribution in [-0.2, 0) is 29.2 Å². The fraction of sp³-hybridized carbons (Fsp3) is 0.412. The molecule has 2 heterocycles. The minimum Gasteiger partial charge on any atom is -0.506 e. The van der Waals surface area contributed by atoms with E-state index < -0.39 is 52.8 Å². The molecule has 0 aromatic carbocycles. The topological polar surface area (TPSA) is 131 Å². The molecule has 29 heavy (non-hydrogen) atoms. The minimum absolute atomic E-state index is 0.0365. The van der Waals surface area contributed by atoms with Gasteiger partial charge in [-0.2, -0.15) is 13.2 Å². The van der Waals surface area contributed by atoms with E-state index in [2.05, 4.69) is 4.98 Å². The van der Waals surface area contributed by atoms with Crippen LogP contribution in [0.5, 0.6) is 5.75 Å². The number of hydrogen-bond donors (Lipinski definition) is 3. The first kappa shape index (κ1) is 22.1. The highest BCUT2D eigenvalue weighted by Crippen LogP contribution is 2.35. The summed E-state index contributed by atoms with van der Waals surface area (Å²) in [4.78, 5) is 38.7. The second-order valence-corrected chi connectivity index (χ2v) is 5.98. The molecule has 1 amide bonds. The van der Waals surface area contributed by atoms with Gasteiger partial charge in [-0.05, 0) is 25.0 Å². The second-order valence-electron chi connectivity index (χ2n) is 5.98. The van der Waals surface area contributed by atoms with E-state index in [9.17, 15) is 32.7 Å². The summed E-state index contributed by atoms with van der Waals surface area (Å²) >= 11 is 0. The van der Waals surface area contributed by atoms with Gasteiger partial charge in [-0.1, -0.05) is 0 Å². The standard InChI is InChI=1S/C17H18F3N3O6/c1-3-29-5-4-8-6-9-12(26)11(15(27)21-7-10(24)25)16(28)23(2)14(9)22-13(8)17(18,19)20/h6,26H,3-5,7H2,1-2H3,(H,21,27)(H,24,25). The van der Waals surface area contributed by atoms with E-state index in [0.29, 0.717) is 4.57 Å². The van der Waals surface area contributed by atoms with Crippen molar-refractivity contribution in [3.63, 3.8) is 0 Å². The molecule has 0 saturated heterocycles. The number of aryl methyl sites for hydroxylation is 1. The molecule has 0 aliphatic carbocycles. The number of nitrogens with one attached hydrogen (secondary N) is 1. The molecule has 0 fully saturated rings. The Labute approximate surface area is 161 Å². The zero-order chi connectivity index (χ0) is 21.9. The summed E-state index contributed by atoms with van der Waals surface area (Å²) in [6, 6.07) is 0.993. The van der Waals surface area contributed by atoms with E-state index >= 15 is 0 Å². The molecule has 2 rings (SSSR count). The number of fused-ring (bicyclic) bond motifs is 1. The smallest absolute Gasteiger partial charge is 0.433 e. The van der Waals surface area contributed by atoms with Gasteiger partial charge in [-0.25, -0.2) is 4.98 Å². The monoisotopic (exact) mass is 417 g/mol. The number of hydrogen-bond acceptors (Lipinski definition) is 6. The zero-order valence-corrected chi connectivity index (χ0v) is 15.5. The number of alkyl halides is 3. The molecule has 0 bridgehead atoms. The highest BCUT2D eigenvalue weighted by molar-refractivity contribution is 6.02. The largest absolute Gasteiger partial charge is 0.506 e. The van der Waals surface area contributed by atoms with Gasteiger partial charge in [0.1, 0.15) is 29.2 Å². The molecule has 158 valence electrons. The van der Waals surface area contributed by atoms with Crippen LogP contribution in [0.1, 0.15) is 28.5 Å². The number of carbonyl (C=O) groups excluding carboxylic acids is 1. The van der Waals surface area contributed by atoms with Crippen LogP contribution in [0.2, 0.25) is 0 Å². The summed E-state index contributed by atoms with van der Waals surface area (Å²) in [6.45, 7) is 1.11. The average molecular weight is 417 g/mol. The van der Waals surface area contributed by atoms with E-state index in [-0.39, 0.29) is 30.6 Å². The molecule has 2 aromatic rings. The number of pyridine rings is 2. The van der Waals surface area contributed by atoms with Gasteiger partial charge in [0.05, 0.1) is 12.0 Å². The Morgan fingerprint density at radius 2 is 2.00 bits per heavy atom. The highest BCUT2D eigenvalue weighted by atomic mass is 19.4. The van der Waals surface area contributed by atoms with Crippen LogP contribution in [0, 0.1) is 0 Å². The molecule has 0 aliphatic heterocycles. The minimum atomic E-state index is -4.82. The molecule has 0 saturated carbocycles. The Bertz CT molecular complexity index is 1020. The number of aliphatic carboxylic acids is 1. The van der Waals surface area contributed by atoms with Crippen molar-refractivity contribution >= 4 is 22.9 Å². The summed E-state index contributed by atoms with van der Waals surface area (Å²) < 4.78 is 46.0. The number of aromatic hydroxyl groups is 1. The number of aromatic nitrogens is 2. The van der Waals surface area contributed by atoms with Gasteiger partial charge >= 0.3 is 12.1 Å². The fourth-order valence-corrected chi connectivity index (χ4v) is 2.69. The van der Waals surface area contributed by atoms with E-state index in [1.165, 1.54) is 0 Å². The predicted molar refractivity (Wildman–Crippen MR) is 93.8 cm³/mol. The summed E-state index contributed by atoms with van der Waals surface area (Å²) in [7, 11) is 1.09. The number of carbonyl (C=O) groups is 2. The summed E-state index contributed by atoms with van der Waals surface area (Å²) in [6.07, 6.45) is -4.99. The Balaban J connectivity index is 2.72. The van der Waals surface area contributed by atoms with Gasteiger partial charge in [0.25, 0.3) is 11.5 Å². The van der Waals surface area contributed by atoms with Gasteiger partial charge in [-0.3, -0.25) is 19.0 Å². The van der Waals surface area contributed by atoms with Gasteiger partial charge < -0.3 is 20.3 Å². The van der Waals surface area contributed by atoms with Crippen LogP contribution in [0.25, 0.3) is 11.0 Å². The maximum Gasteiger partial charge on any atom is 0.433 e. The molecule has 0 unspecified atom stereocenters. The van der Waals surface area contributed by atoms with Crippen LogP contribution in [0.15, 0.2) is 10.9 Å². The summed E-state index contributed by atoms with van der Waals surface area (Å²) in [5.74, 6) is -3.45. The Kier molecular flexibility index (Phi) is 6.47. The summed E-state index contributed by atoms with van der Waals surface area (Å²) in [5.41, 5.74) is -3.92. The van der Waals surface area contributed by atoms with E-state index in [1.807, 2.05) is 5.32 Å². The van der Waals surface area contributed by atoms with Gasteiger partial charge in [0.15, 0.2) is 0 Å². The Hall–Kier alpha value is -3.15. The van der Waals surface area contributed by atoms with Gasteiger partial charge in [-0.15, -0.1) is 0 Å². The summed E-state index contributed by atoms with van der Waals surface area (Å²) in [5, 5.41) is 20.7. The first-order valence-corrected chi connectivity index (χ1v) is 8.39. The number of rotatable bonds is 7. The lowest BCUT2D eigenvalue weighted by molar-refractivity contribution is -0.141. The lowest BCUT2D eigenvalue weighted by atomic mass is 10.1. The number of carboxylic acid groups (broad SMARTS) is 1. The van der Waals surface area contributed by atoms with Crippen molar-refractivity contribution in [2.24, 2.45) is 7.05 Å². The molecule has 0 aliphatic rings. The number of halogens is 3. The van der Waals surface area contributed by atoms with Crippen molar-refractivity contribution in [1.82, 2.24) is 14.9 Å². The van der Waals surface area contributed by atoms with Crippen LogP contribution in [0.3, 0.4) is 0 Å². The molecule has 0 radical (unpaired) electrons. The van der Waals surface area contributed by atoms with Crippen LogP contribution < -0.4 is 10.9 Å². The second kappa shape index (κ2) is 8.47. The molecule has 12 heteroatoms. The molecule has 2 aromatic heterocycles. The molecule has 0 atom stereocenters. The first-order valence-electron chi connectivity index (χ1n) is 8.39. The molecular weight excluding hydrogens is 399 g/mol. The fourth-order valence-electron chi connectivity index (χ4n) is 2.69. The van der Waals surface area contributed by atoms with Crippen LogP contribution in [0.4, 0.5) is 13.2 Å². The molecular formula is C17H18F3N3O6. The molecule has 3 N–H and O–H groups in total. The van der Waals surface area contributed by atoms with Crippen molar-refractivity contribution in [3.05, 3.63) is 33.2 Å². The quantitative estimate of drug-likeness (QED) is 0.574. The van der Waals surface area contributed by atoms with Crippen molar-refractivity contribution in [2.45, 2.75) is 19.5 Å². The zero-order valence-electron chi connectivity index (χ0n) is 15.5. The van der Waals surface area contributed by atoms with Crippen LogP contribution >= 0.6 is 0 Å². The van der Waals surface area contributed by atoms with Crippen molar-refractivity contribution in [3.8, 4) is 5.75 Å². The maximum atomic E-state index is 13.4. The SMILES string of the molecule is CCOCCc1cc2c(O)c(C(=O)NCC(=O)O)c(=O)n(C)c2nc1C(F)(F)F. The normalized spacial score (nSPS) is 11.6. The lowest BCUT2D eigenvalue weighted by Crippen LogP contribution is -2.35. The third kappa shape index (κ3) is 4.65. The third-order valence-electron chi connectivity index (χ3n) is 4.03. The number of nitrogens with zero attached hydrogens (tertiary/aromatic N) is 2. The van der Waals surface area contributed by atoms with E-state index in [4.69, 9.17) is 9.84 Å². The number of ether oxygens (including phenoxy) is 1. The Morgan fingerprint density at radius 3 is 2.55 bits per heavy atom. The average Bonchev–Trinajstić information content (AvgIpc) is 2.63. The predicted octanol–water partition coefficient (Wildman–Crippen LogP) is 1.05. The first-order chi connectivity index (χ1) is 13.5. The highest BCUT2D eigenvalue weighted by Gasteiger charge is 2.36. The lowest BCUT2D eigenvalue weighted by Gasteiger charge is -2.16. The van der Waals surface area contributed by atoms with Crippen molar-refractivity contribution in [2.75, 3.05) is 19.8 Å². The number of amides is 1. The van der Waals surface area contributed by atoms with Crippen LogP contribution in [-0.4, -0.2) is 51.4 Å². The van der Waals surface area contributed by atoms with Gasteiger partial charge in [0, 0.05) is 13.7 Å². The van der Waals surface area contributed by atoms with E-state index in [0.717, 1.165) is 13.1 Å². The Morgan fingerprint density at radius 1 is 1.34 bits per heavy atom. The molecule has 9 nitrogen and oxygen atoms in total.